The molecule has 0 radical (unpaired) electrons. The van der Waals surface area contributed by atoms with Crippen molar-refractivity contribution in [2.24, 2.45) is 11.3 Å². The predicted octanol–water partition coefficient (Wildman–Crippen LogP) is 2.18. The molecule has 94 valence electrons. The Labute approximate surface area is 103 Å². The summed E-state index contributed by atoms with van der Waals surface area (Å²) in [5.41, 5.74) is 0.143. The largest absolute Gasteiger partial charge is 0.381 e. The van der Waals surface area contributed by atoms with Crippen LogP contribution in [0, 0.1) is 11.3 Å². The molecule has 1 aliphatic heterocycles. The van der Waals surface area contributed by atoms with Gasteiger partial charge < -0.3 is 10.1 Å². The van der Waals surface area contributed by atoms with Gasteiger partial charge in [0.2, 0.25) is 5.91 Å². The lowest BCUT2D eigenvalue weighted by Gasteiger charge is -2.32. The van der Waals surface area contributed by atoms with Gasteiger partial charge in [-0.15, -0.1) is 11.6 Å². The molecule has 3 nitrogen and oxygen atoms in total. The molecule has 0 aromatic heterocycles. The first-order valence-electron chi connectivity index (χ1n) is 5.94. The summed E-state index contributed by atoms with van der Waals surface area (Å²) in [5, 5.41) is 2.86. The second kappa shape index (κ2) is 6.45. The maximum atomic E-state index is 11.1. The minimum absolute atomic E-state index is 0.0490. The summed E-state index contributed by atoms with van der Waals surface area (Å²) in [6.07, 6.45) is 3.43. The zero-order chi connectivity index (χ0) is 12.0. The highest BCUT2D eigenvalue weighted by Gasteiger charge is 2.25. The van der Waals surface area contributed by atoms with Gasteiger partial charge in [-0.3, -0.25) is 4.79 Å². The number of hydrogen-bond donors (Lipinski definition) is 1. The van der Waals surface area contributed by atoms with Crippen molar-refractivity contribution in [2.75, 3.05) is 25.6 Å². The highest BCUT2D eigenvalue weighted by molar-refractivity contribution is 6.27. The molecule has 1 amide bonds. The van der Waals surface area contributed by atoms with E-state index in [2.05, 4.69) is 19.2 Å². The Morgan fingerprint density at radius 3 is 2.62 bits per heavy atom. The van der Waals surface area contributed by atoms with Crippen molar-refractivity contribution >= 4 is 17.5 Å². The zero-order valence-corrected chi connectivity index (χ0v) is 11.0. The molecule has 0 atom stereocenters. The molecule has 0 aromatic rings. The van der Waals surface area contributed by atoms with Crippen molar-refractivity contribution in [3.05, 3.63) is 0 Å². The first-order chi connectivity index (χ1) is 7.53. The summed E-state index contributed by atoms with van der Waals surface area (Å²) in [6, 6.07) is 0. The average Bonchev–Trinajstić information content (AvgIpc) is 2.27. The molecule has 0 bridgehead atoms. The maximum Gasteiger partial charge on any atom is 0.234 e. The van der Waals surface area contributed by atoms with Crippen molar-refractivity contribution in [1.29, 1.82) is 0 Å². The van der Waals surface area contributed by atoms with E-state index in [4.69, 9.17) is 16.3 Å². The molecule has 1 saturated heterocycles. The molecule has 0 aliphatic carbocycles. The van der Waals surface area contributed by atoms with Crippen molar-refractivity contribution in [3.8, 4) is 0 Å². The van der Waals surface area contributed by atoms with Crippen molar-refractivity contribution in [2.45, 2.75) is 33.1 Å². The smallest absolute Gasteiger partial charge is 0.234 e. The van der Waals surface area contributed by atoms with Crippen LogP contribution >= 0.6 is 11.6 Å². The van der Waals surface area contributed by atoms with E-state index in [-0.39, 0.29) is 17.2 Å². The Kier molecular flexibility index (Phi) is 5.56. The van der Waals surface area contributed by atoms with E-state index in [1.54, 1.807) is 0 Å². The van der Waals surface area contributed by atoms with Crippen LogP contribution in [0.5, 0.6) is 0 Å². The van der Waals surface area contributed by atoms with Crippen LogP contribution in [0.4, 0.5) is 0 Å². The van der Waals surface area contributed by atoms with Gasteiger partial charge in [0, 0.05) is 19.8 Å². The van der Waals surface area contributed by atoms with E-state index in [1.165, 1.54) is 0 Å². The highest BCUT2D eigenvalue weighted by atomic mass is 35.5. The molecule has 0 unspecified atom stereocenters. The van der Waals surface area contributed by atoms with Gasteiger partial charge in [0.15, 0.2) is 0 Å². The second-order valence-corrected chi connectivity index (χ2v) is 5.60. The van der Waals surface area contributed by atoms with E-state index in [9.17, 15) is 4.79 Å². The highest BCUT2D eigenvalue weighted by Crippen LogP contribution is 2.30. The van der Waals surface area contributed by atoms with Gasteiger partial charge in [-0.2, -0.15) is 0 Å². The fourth-order valence-electron chi connectivity index (χ4n) is 2.19. The summed E-state index contributed by atoms with van der Waals surface area (Å²) in [6.45, 7) is 6.85. The van der Waals surface area contributed by atoms with E-state index < -0.39 is 0 Å². The third kappa shape index (κ3) is 5.17. The monoisotopic (exact) mass is 247 g/mol. The number of halogens is 1. The van der Waals surface area contributed by atoms with Gasteiger partial charge in [0.25, 0.3) is 0 Å². The van der Waals surface area contributed by atoms with Crippen LogP contribution in [0.25, 0.3) is 0 Å². The van der Waals surface area contributed by atoms with Crippen LogP contribution in [0.3, 0.4) is 0 Å². The van der Waals surface area contributed by atoms with Crippen LogP contribution in [-0.4, -0.2) is 31.5 Å². The molecule has 0 saturated carbocycles. The molecule has 0 aromatic carbocycles. The predicted molar refractivity (Wildman–Crippen MR) is 65.7 cm³/mol. The molecule has 16 heavy (non-hydrogen) atoms. The van der Waals surface area contributed by atoms with E-state index in [1.807, 2.05) is 0 Å². The lowest BCUT2D eigenvalue weighted by atomic mass is 9.80. The SMILES string of the molecule is CC(C)(CNC(=O)CCl)CC1CCOCC1. The normalized spacial score (nSPS) is 18.4. The van der Waals surface area contributed by atoms with Crippen molar-refractivity contribution in [1.82, 2.24) is 5.32 Å². The summed E-state index contributed by atoms with van der Waals surface area (Å²) in [5.74, 6) is 0.700. The Balaban J connectivity index is 2.28. The second-order valence-electron chi connectivity index (χ2n) is 5.33. The van der Waals surface area contributed by atoms with E-state index in [0.29, 0.717) is 6.54 Å². The van der Waals surface area contributed by atoms with Crippen LogP contribution < -0.4 is 5.32 Å². The lowest BCUT2D eigenvalue weighted by Crippen LogP contribution is -2.36. The number of ether oxygens (including phenoxy) is 1. The number of hydrogen-bond acceptors (Lipinski definition) is 2. The van der Waals surface area contributed by atoms with Gasteiger partial charge in [-0.1, -0.05) is 13.8 Å². The first kappa shape index (κ1) is 13.8. The molecular formula is C12H22ClNO2. The molecular weight excluding hydrogens is 226 g/mol. The van der Waals surface area contributed by atoms with Gasteiger partial charge in [-0.05, 0) is 30.6 Å². The standard InChI is InChI=1S/C12H22ClNO2/c1-12(2,9-14-11(15)8-13)7-10-3-5-16-6-4-10/h10H,3-9H2,1-2H3,(H,14,15). The molecule has 1 rings (SSSR count). The first-order valence-corrected chi connectivity index (χ1v) is 6.47. The minimum Gasteiger partial charge on any atom is -0.381 e. The van der Waals surface area contributed by atoms with Crippen LogP contribution in [0.15, 0.2) is 0 Å². The van der Waals surface area contributed by atoms with Gasteiger partial charge in [0.1, 0.15) is 5.88 Å². The Hall–Kier alpha value is -0.280. The third-order valence-electron chi connectivity index (χ3n) is 3.07. The fourth-order valence-corrected chi connectivity index (χ4v) is 2.28. The molecule has 1 aliphatic rings. The fraction of sp³-hybridized carbons (Fsp3) is 0.917. The molecule has 1 fully saturated rings. The van der Waals surface area contributed by atoms with Crippen molar-refractivity contribution in [3.63, 3.8) is 0 Å². The van der Waals surface area contributed by atoms with E-state index >= 15 is 0 Å². The Morgan fingerprint density at radius 2 is 2.06 bits per heavy atom. The summed E-state index contributed by atoms with van der Waals surface area (Å²) in [4.78, 5) is 11.1. The lowest BCUT2D eigenvalue weighted by molar-refractivity contribution is -0.119. The van der Waals surface area contributed by atoms with Gasteiger partial charge >= 0.3 is 0 Å². The summed E-state index contributed by atoms with van der Waals surface area (Å²) in [7, 11) is 0. The number of rotatable bonds is 5. The van der Waals surface area contributed by atoms with Crippen molar-refractivity contribution < 1.29 is 9.53 Å². The quantitative estimate of drug-likeness (QED) is 0.757. The number of nitrogens with one attached hydrogen (secondary N) is 1. The number of alkyl halides is 1. The number of carbonyl (C=O) groups is 1. The van der Waals surface area contributed by atoms with Gasteiger partial charge in [-0.25, -0.2) is 0 Å². The average molecular weight is 248 g/mol. The van der Waals surface area contributed by atoms with Crippen LogP contribution in [0.1, 0.15) is 33.1 Å². The number of amides is 1. The Bertz CT molecular complexity index is 225. The Morgan fingerprint density at radius 1 is 1.44 bits per heavy atom. The van der Waals surface area contributed by atoms with E-state index in [0.717, 1.165) is 38.4 Å². The maximum absolute atomic E-state index is 11.1. The summed E-state index contributed by atoms with van der Waals surface area (Å²) < 4.78 is 5.34. The molecule has 0 spiro atoms. The molecule has 4 heteroatoms. The molecule has 1 N–H and O–H groups in total. The zero-order valence-electron chi connectivity index (χ0n) is 10.2. The third-order valence-corrected chi connectivity index (χ3v) is 3.31. The molecule has 1 heterocycles. The van der Waals surface area contributed by atoms with Crippen LogP contribution in [-0.2, 0) is 9.53 Å². The minimum atomic E-state index is -0.0817. The number of carbonyl (C=O) groups excluding carboxylic acids is 1. The van der Waals surface area contributed by atoms with Crippen LogP contribution in [0.2, 0.25) is 0 Å². The van der Waals surface area contributed by atoms with Gasteiger partial charge in [0.05, 0.1) is 0 Å². The topological polar surface area (TPSA) is 38.3 Å². The summed E-state index contributed by atoms with van der Waals surface area (Å²) >= 11 is 5.44.